The summed E-state index contributed by atoms with van der Waals surface area (Å²) < 4.78 is 0. The second-order valence-electron chi connectivity index (χ2n) is 5.32. The third-order valence-electron chi connectivity index (χ3n) is 3.80. The molecule has 5 nitrogen and oxygen atoms in total. The molecule has 6 heteroatoms. The number of hydrogen-bond donors (Lipinski definition) is 0. The van der Waals surface area contributed by atoms with Gasteiger partial charge in [-0.25, -0.2) is 0 Å². The minimum absolute atomic E-state index is 0. The molecule has 0 radical (unpaired) electrons. The molecule has 1 unspecified atom stereocenters. The third-order valence-corrected chi connectivity index (χ3v) is 3.80. The third kappa shape index (κ3) is 6.92. The molecule has 1 fully saturated rings. The Morgan fingerprint density at radius 1 is 0.789 bits per heavy atom. The maximum Gasteiger partial charge on any atom is 0.0621 e. The molecule has 1 aliphatic heterocycles. The Balaban J connectivity index is 0.00000180. The van der Waals surface area contributed by atoms with E-state index in [0.717, 1.165) is 31.7 Å². The zero-order valence-corrected chi connectivity index (χ0v) is 12.5. The SMILES string of the molecule is C1CCCN=NN=NN=C2CCCC(CCC1)C2.[Fe]. The van der Waals surface area contributed by atoms with Gasteiger partial charge < -0.3 is 0 Å². The van der Waals surface area contributed by atoms with E-state index in [1.54, 1.807) is 0 Å². The van der Waals surface area contributed by atoms with Crippen LogP contribution in [0.15, 0.2) is 25.9 Å². The Kier molecular flexibility index (Phi) is 8.84. The molecule has 0 aromatic rings. The molecule has 1 saturated carbocycles. The number of rotatable bonds is 0. The van der Waals surface area contributed by atoms with Crippen LogP contribution >= 0.6 is 0 Å². The predicted molar refractivity (Wildman–Crippen MR) is 71.7 cm³/mol. The van der Waals surface area contributed by atoms with E-state index in [0.29, 0.717) is 0 Å². The Labute approximate surface area is 125 Å². The molecule has 0 amide bonds. The topological polar surface area (TPSA) is 61.8 Å². The van der Waals surface area contributed by atoms with Gasteiger partial charge in [-0.05, 0) is 53.7 Å². The fourth-order valence-corrected chi connectivity index (χ4v) is 2.79. The second-order valence-corrected chi connectivity index (χ2v) is 5.32. The zero-order valence-electron chi connectivity index (χ0n) is 11.4. The van der Waals surface area contributed by atoms with Gasteiger partial charge in [0.1, 0.15) is 0 Å². The fourth-order valence-electron chi connectivity index (χ4n) is 2.79. The van der Waals surface area contributed by atoms with Gasteiger partial charge in [0.15, 0.2) is 0 Å². The van der Waals surface area contributed by atoms with Crippen molar-refractivity contribution in [3.63, 3.8) is 0 Å². The summed E-state index contributed by atoms with van der Waals surface area (Å²) in [5.41, 5.74) is 1.19. The molecule has 1 heterocycles. The van der Waals surface area contributed by atoms with Crippen LogP contribution in [0.4, 0.5) is 0 Å². The summed E-state index contributed by atoms with van der Waals surface area (Å²) in [6.07, 6.45) is 12.5. The van der Waals surface area contributed by atoms with Gasteiger partial charge in [0, 0.05) is 22.8 Å². The second kappa shape index (κ2) is 10.2. The number of nitrogens with zero attached hydrogens (tertiary/aromatic N) is 5. The van der Waals surface area contributed by atoms with Crippen LogP contribution in [0.1, 0.15) is 64.2 Å². The summed E-state index contributed by atoms with van der Waals surface area (Å²) in [6.45, 7) is 0.762. The summed E-state index contributed by atoms with van der Waals surface area (Å²) in [7, 11) is 0. The van der Waals surface area contributed by atoms with Gasteiger partial charge >= 0.3 is 0 Å². The average Bonchev–Trinajstić information content (AvgIpc) is 2.40. The minimum Gasteiger partial charge on any atom is -0.167 e. The van der Waals surface area contributed by atoms with Gasteiger partial charge in [-0.15, -0.1) is 5.10 Å². The van der Waals surface area contributed by atoms with Crippen molar-refractivity contribution in [3.05, 3.63) is 0 Å². The Morgan fingerprint density at radius 2 is 1.58 bits per heavy atom. The maximum atomic E-state index is 4.18. The van der Waals surface area contributed by atoms with E-state index in [1.165, 1.54) is 50.7 Å². The van der Waals surface area contributed by atoms with Crippen LogP contribution in [0.2, 0.25) is 0 Å². The Hall–Kier alpha value is -0.611. The van der Waals surface area contributed by atoms with Crippen molar-refractivity contribution in [3.8, 4) is 0 Å². The van der Waals surface area contributed by atoms with E-state index >= 15 is 0 Å². The van der Waals surface area contributed by atoms with Gasteiger partial charge in [-0.1, -0.05) is 32.1 Å². The van der Waals surface area contributed by atoms with E-state index in [9.17, 15) is 0 Å². The van der Waals surface area contributed by atoms with Crippen LogP contribution in [0.25, 0.3) is 0 Å². The zero-order chi connectivity index (χ0) is 12.5. The molecule has 0 saturated heterocycles. The first-order valence-electron chi connectivity index (χ1n) is 7.27. The van der Waals surface area contributed by atoms with Gasteiger partial charge in [0.25, 0.3) is 0 Å². The molecule has 2 bridgehead atoms. The first-order valence-corrected chi connectivity index (χ1v) is 7.27. The van der Waals surface area contributed by atoms with Crippen molar-refractivity contribution in [2.45, 2.75) is 64.2 Å². The van der Waals surface area contributed by atoms with Crippen molar-refractivity contribution in [2.24, 2.45) is 31.8 Å². The van der Waals surface area contributed by atoms with E-state index in [4.69, 9.17) is 0 Å². The smallest absolute Gasteiger partial charge is 0.0621 e. The minimum atomic E-state index is 0. The summed E-state index contributed by atoms with van der Waals surface area (Å²) in [5, 5.41) is 19.2. The summed E-state index contributed by atoms with van der Waals surface area (Å²) in [5.74, 6) is 0.819. The molecule has 2 rings (SSSR count). The van der Waals surface area contributed by atoms with E-state index < -0.39 is 0 Å². The van der Waals surface area contributed by atoms with Crippen molar-refractivity contribution in [1.29, 1.82) is 0 Å². The summed E-state index contributed by atoms with van der Waals surface area (Å²) >= 11 is 0. The monoisotopic (exact) mass is 305 g/mol. The van der Waals surface area contributed by atoms with Crippen LogP contribution in [-0.4, -0.2) is 12.3 Å². The van der Waals surface area contributed by atoms with Crippen LogP contribution < -0.4 is 0 Å². The molecule has 2 aliphatic rings. The van der Waals surface area contributed by atoms with Gasteiger partial charge in [0.2, 0.25) is 0 Å². The Bertz CT molecular complexity index is 327. The van der Waals surface area contributed by atoms with Gasteiger partial charge in [-0.2, -0.15) is 5.11 Å². The molecule has 19 heavy (non-hydrogen) atoms. The molecule has 0 N–H and O–H groups in total. The van der Waals surface area contributed by atoms with Gasteiger partial charge in [-0.3, -0.25) is 0 Å². The quantitative estimate of drug-likeness (QED) is 0.582. The van der Waals surface area contributed by atoms with E-state index in [-0.39, 0.29) is 17.1 Å². The van der Waals surface area contributed by atoms with Crippen molar-refractivity contribution < 1.29 is 17.1 Å². The standard InChI is InChI=1S/C13H23N5.Fe/c1-2-4-7-12-8-6-9-13(11-12)15-17-18-16-14-10-5-3-1;/h12H,1-11H2;. The van der Waals surface area contributed by atoms with Crippen molar-refractivity contribution >= 4 is 5.71 Å². The molecule has 0 spiro atoms. The van der Waals surface area contributed by atoms with E-state index in [2.05, 4.69) is 25.9 Å². The molecule has 0 aromatic carbocycles. The van der Waals surface area contributed by atoms with Crippen LogP contribution in [0, 0.1) is 5.92 Å². The Morgan fingerprint density at radius 3 is 2.53 bits per heavy atom. The average molecular weight is 305 g/mol. The fraction of sp³-hybridized carbons (Fsp3) is 0.923. The molecule has 1 aliphatic carbocycles. The normalized spacial score (nSPS) is 25.7. The van der Waals surface area contributed by atoms with Gasteiger partial charge in [0.05, 0.1) is 6.54 Å². The van der Waals surface area contributed by atoms with Crippen LogP contribution in [-0.2, 0) is 17.1 Å². The van der Waals surface area contributed by atoms with Crippen molar-refractivity contribution in [2.75, 3.05) is 6.54 Å². The molecular weight excluding hydrogens is 282 g/mol. The largest absolute Gasteiger partial charge is 0.167 e. The molecular formula is C13H23FeN5. The summed E-state index contributed by atoms with van der Waals surface area (Å²) in [6, 6.07) is 0. The maximum absolute atomic E-state index is 4.18. The van der Waals surface area contributed by atoms with Crippen LogP contribution in [0.5, 0.6) is 0 Å². The van der Waals surface area contributed by atoms with Crippen LogP contribution in [0.3, 0.4) is 0 Å². The first kappa shape index (κ1) is 16.4. The number of fused-ring (bicyclic) bond motifs is 2. The summed E-state index contributed by atoms with van der Waals surface area (Å²) in [4.78, 5) is 0. The number of hydrogen-bond acceptors (Lipinski definition) is 5. The first-order chi connectivity index (χ1) is 8.95. The molecule has 1 atom stereocenters. The van der Waals surface area contributed by atoms with E-state index in [1.807, 2.05) is 0 Å². The molecule has 108 valence electrons. The van der Waals surface area contributed by atoms with Crippen molar-refractivity contribution in [1.82, 2.24) is 0 Å². The molecule has 0 aromatic heterocycles. The predicted octanol–water partition coefficient (Wildman–Crippen LogP) is 4.70.